The van der Waals surface area contributed by atoms with Crippen LogP contribution in [0.2, 0.25) is 0 Å². The van der Waals surface area contributed by atoms with Gasteiger partial charge in [-0.15, -0.1) is 24.0 Å². The number of hydrogen-bond donors (Lipinski definition) is 2. The largest absolute Gasteiger partial charge is 0.355 e. The Morgan fingerprint density at radius 2 is 1.79 bits per heavy atom. The summed E-state index contributed by atoms with van der Waals surface area (Å²) in [5.41, 5.74) is 3.06. The minimum absolute atomic E-state index is 0. The first-order valence-electron chi connectivity index (χ1n) is 10.9. The van der Waals surface area contributed by atoms with E-state index in [9.17, 15) is 0 Å². The summed E-state index contributed by atoms with van der Waals surface area (Å²) < 4.78 is 0. The fraction of sp³-hybridized carbons (Fsp3) is 0.696. The molecule has 6 heteroatoms. The Labute approximate surface area is 194 Å². The quantitative estimate of drug-likeness (QED) is 0.360. The molecule has 0 amide bonds. The van der Waals surface area contributed by atoms with E-state index in [0.717, 1.165) is 32.0 Å². The molecule has 0 spiro atoms. The Morgan fingerprint density at radius 3 is 2.41 bits per heavy atom. The molecular formula is C23H40IN5. The molecule has 0 aliphatic carbocycles. The number of likely N-dealkylation sites (tertiary alicyclic amines) is 1. The van der Waals surface area contributed by atoms with Crippen LogP contribution in [0.1, 0.15) is 51.7 Å². The third-order valence-electron chi connectivity index (χ3n) is 6.50. The highest BCUT2D eigenvalue weighted by Crippen LogP contribution is 2.25. The van der Waals surface area contributed by atoms with Gasteiger partial charge in [0.15, 0.2) is 5.96 Å². The second kappa shape index (κ2) is 11.0. The van der Waals surface area contributed by atoms with E-state index in [4.69, 9.17) is 0 Å². The Morgan fingerprint density at radius 1 is 1.14 bits per heavy atom. The molecule has 0 saturated carbocycles. The lowest BCUT2D eigenvalue weighted by molar-refractivity contribution is 0.107. The zero-order chi connectivity index (χ0) is 20.1. The molecule has 2 heterocycles. The standard InChI is InChI=1S/C23H39N5.HI/c1-18(2)27-13-11-21(12-14-27)26-22(24-5)25-17-23(3,4)28-15-10-19-8-6-7-9-20(19)16-28;/h6-9,18,21H,10-17H2,1-5H3,(H2,24,25,26);1H. The molecule has 2 N–H and O–H groups in total. The zero-order valence-corrected chi connectivity index (χ0v) is 21.2. The number of halogens is 1. The zero-order valence-electron chi connectivity index (χ0n) is 18.9. The molecule has 5 nitrogen and oxygen atoms in total. The summed E-state index contributed by atoms with van der Waals surface area (Å²) >= 11 is 0. The van der Waals surface area contributed by atoms with Gasteiger partial charge in [0.2, 0.25) is 0 Å². The van der Waals surface area contributed by atoms with Crippen LogP contribution < -0.4 is 10.6 Å². The summed E-state index contributed by atoms with van der Waals surface area (Å²) in [7, 11) is 1.88. The highest BCUT2D eigenvalue weighted by atomic mass is 127. The lowest BCUT2D eigenvalue weighted by atomic mass is 9.94. The number of benzene rings is 1. The Hall–Kier alpha value is -0.860. The molecule has 1 saturated heterocycles. The number of fused-ring (bicyclic) bond motifs is 1. The third kappa shape index (κ3) is 6.56. The molecule has 1 fully saturated rings. The normalized spacial score (nSPS) is 19.6. The van der Waals surface area contributed by atoms with Crippen LogP contribution in [0, 0.1) is 0 Å². The average molecular weight is 514 g/mol. The van der Waals surface area contributed by atoms with Crippen molar-refractivity contribution in [3.63, 3.8) is 0 Å². The summed E-state index contributed by atoms with van der Waals surface area (Å²) in [5, 5.41) is 7.25. The monoisotopic (exact) mass is 513 g/mol. The molecule has 1 aromatic carbocycles. The molecule has 2 aliphatic rings. The van der Waals surface area contributed by atoms with E-state index in [1.54, 1.807) is 0 Å². The van der Waals surface area contributed by atoms with Crippen molar-refractivity contribution in [2.45, 2.75) is 71.1 Å². The molecule has 0 unspecified atom stereocenters. The van der Waals surface area contributed by atoms with E-state index < -0.39 is 0 Å². The van der Waals surface area contributed by atoms with Crippen molar-refractivity contribution < 1.29 is 0 Å². The topological polar surface area (TPSA) is 42.9 Å². The summed E-state index contributed by atoms with van der Waals surface area (Å²) in [6.07, 6.45) is 3.51. The van der Waals surface area contributed by atoms with Crippen LogP contribution in [0.25, 0.3) is 0 Å². The summed E-state index contributed by atoms with van der Waals surface area (Å²) in [6.45, 7) is 14.6. The first kappa shape index (κ1) is 24.4. The molecular weight excluding hydrogens is 473 g/mol. The van der Waals surface area contributed by atoms with Gasteiger partial charge in [-0.3, -0.25) is 9.89 Å². The van der Waals surface area contributed by atoms with Crippen molar-refractivity contribution in [2.24, 2.45) is 4.99 Å². The Balaban J connectivity index is 0.00000300. The van der Waals surface area contributed by atoms with Crippen molar-refractivity contribution >= 4 is 29.9 Å². The minimum atomic E-state index is 0. The maximum absolute atomic E-state index is 4.48. The van der Waals surface area contributed by atoms with Gasteiger partial charge in [0.05, 0.1) is 0 Å². The Bertz CT molecular complexity index is 665. The summed E-state index contributed by atoms with van der Waals surface area (Å²) in [4.78, 5) is 9.64. The molecule has 0 bridgehead atoms. The van der Waals surface area contributed by atoms with Gasteiger partial charge in [-0.25, -0.2) is 0 Å². The van der Waals surface area contributed by atoms with Crippen molar-refractivity contribution in [1.82, 2.24) is 20.4 Å². The summed E-state index contributed by atoms with van der Waals surface area (Å²) in [6, 6.07) is 10.0. The van der Waals surface area contributed by atoms with Crippen LogP contribution in [0.5, 0.6) is 0 Å². The van der Waals surface area contributed by atoms with E-state index in [-0.39, 0.29) is 29.5 Å². The van der Waals surface area contributed by atoms with Crippen molar-refractivity contribution in [1.29, 1.82) is 0 Å². The van der Waals surface area contributed by atoms with Crippen molar-refractivity contribution in [3.05, 3.63) is 35.4 Å². The van der Waals surface area contributed by atoms with Gasteiger partial charge in [0.1, 0.15) is 0 Å². The number of piperidine rings is 1. The Kier molecular flexibility index (Phi) is 9.22. The van der Waals surface area contributed by atoms with Gasteiger partial charge in [-0.2, -0.15) is 0 Å². The fourth-order valence-corrected chi connectivity index (χ4v) is 4.37. The molecule has 0 atom stereocenters. The van der Waals surface area contributed by atoms with E-state index in [2.05, 4.69) is 77.4 Å². The number of hydrogen-bond acceptors (Lipinski definition) is 3. The maximum Gasteiger partial charge on any atom is 0.191 e. The first-order valence-corrected chi connectivity index (χ1v) is 10.9. The average Bonchev–Trinajstić information content (AvgIpc) is 2.71. The van der Waals surface area contributed by atoms with E-state index in [0.29, 0.717) is 12.1 Å². The van der Waals surface area contributed by atoms with E-state index in [1.165, 1.54) is 37.1 Å². The lowest BCUT2D eigenvalue weighted by Gasteiger charge is -2.42. The number of nitrogens with zero attached hydrogens (tertiary/aromatic N) is 3. The maximum atomic E-state index is 4.48. The van der Waals surface area contributed by atoms with Gasteiger partial charge in [-0.05, 0) is 58.1 Å². The fourth-order valence-electron chi connectivity index (χ4n) is 4.37. The van der Waals surface area contributed by atoms with Gasteiger partial charge < -0.3 is 15.5 Å². The predicted molar refractivity (Wildman–Crippen MR) is 134 cm³/mol. The smallest absolute Gasteiger partial charge is 0.191 e. The third-order valence-corrected chi connectivity index (χ3v) is 6.50. The van der Waals surface area contributed by atoms with Crippen LogP contribution in [0.15, 0.2) is 29.3 Å². The van der Waals surface area contributed by atoms with Gasteiger partial charge in [-0.1, -0.05) is 24.3 Å². The predicted octanol–water partition coefficient (Wildman–Crippen LogP) is 3.48. The van der Waals surface area contributed by atoms with Gasteiger partial charge >= 0.3 is 0 Å². The molecule has 3 rings (SSSR count). The molecule has 0 aromatic heterocycles. The second-order valence-electron chi connectivity index (χ2n) is 9.23. The number of rotatable bonds is 5. The number of guanidine groups is 1. The highest BCUT2D eigenvalue weighted by molar-refractivity contribution is 14.0. The molecule has 29 heavy (non-hydrogen) atoms. The van der Waals surface area contributed by atoms with Crippen LogP contribution in [-0.2, 0) is 13.0 Å². The lowest BCUT2D eigenvalue weighted by Crippen LogP contribution is -2.56. The second-order valence-corrected chi connectivity index (χ2v) is 9.23. The van der Waals surface area contributed by atoms with E-state index >= 15 is 0 Å². The van der Waals surface area contributed by atoms with Crippen LogP contribution in [0.3, 0.4) is 0 Å². The van der Waals surface area contributed by atoms with Crippen LogP contribution in [0.4, 0.5) is 0 Å². The van der Waals surface area contributed by atoms with E-state index in [1.807, 2.05) is 7.05 Å². The molecule has 0 radical (unpaired) electrons. The van der Waals surface area contributed by atoms with Crippen molar-refractivity contribution in [2.75, 3.05) is 33.2 Å². The minimum Gasteiger partial charge on any atom is -0.355 e. The molecule has 1 aromatic rings. The highest BCUT2D eigenvalue weighted by Gasteiger charge is 2.30. The molecule has 164 valence electrons. The number of nitrogens with one attached hydrogen (secondary N) is 2. The van der Waals surface area contributed by atoms with Gasteiger partial charge in [0, 0.05) is 57.4 Å². The van der Waals surface area contributed by atoms with Crippen LogP contribution >= 0.6 is 24.0 Å². The van der Waals surface area contributed by atoms with Crippen molar-refractivity contribution in [3.8, 4) is 0 Å². The van der Waals surface area contributed by atoms with Crippen LogP contribution in [-0.4, -0.2) is 66.6 Å². The first-order chi connectivity index (χ1) is 13.4. The summed E-state index contributed by atoms with van der Waals surface area (Å²) in [5.74, 6) is 0.938. The SMILES string of the molecule is CN=C(NCC(C)(C)N1CCc2ccccc2C1)NC1CCN(C(C)C)CC1.I. The number of aliphatic imine (C=N–C) groups is 1. The van der Waals surface area contributed by atoms with Gasteiger partial charge in [0.25, 0.3) is 0 Å². The molecule has 2 aliphatic heterocycles.